The van der Waals surface area contributed by atoms with Crippen molar-refractivity contribution in [3.05, 3.63) is 93.7 Å². The number of amides is 1. The Balaban J connectivity index is 1.67. The highest BCUT2D eigenvalue weighted by molar-refractivity contribution is 7.80. The van der Waals surface area contributed by atoms with Gasteiger partial charge in [0.05, 0.1) is 15.7 Å². The summed E-state index contributed by atoms with van der Waals surface area (Å²) in [5.74, 6) is -0.270. The fraction of sp³-hybridized carbons (Fsp3) is 0.0476. The maximum absolute atomic E-state index is 13.0. The monoisotopic (exact) mass is 448 g/mol. The number of thiocarbonyl (C=S) groups is 1. The van der Waals surface area contributed by atoms with Crippen molar-refractivity contribution in [2.24, 2.45) is 0 Å². The highest BCUT2D eigenvalue weighted by Crippen LogP contribution is 2.29. The van der Waals surface area contributed by atoms with Crippen molar-refractivity contribution < 1.29 is 13.9 Å². The SMILES string of the molecule is O=C(NC(=S)Nc1c(Cl)cccc1Cl)c1ccccc1COc1ccc(F)cc1. The summed E-state index contributed by atoms with van der Waals surface area (Å²) in [5.41, 5.74) is 1.45. The largest absolute Gasteiger partial charge is 0.489 e. The number of halogens is 3. The van der Waals surface area contributed by atoms with E-state index in [-0.39, 0.29) is 17.5 Å². The molecule has 148 valence electrons. The molecular formula is C21H15Cl2FN2O2S. The highest BCUT2D eigenvalue weighted by Gasteiger charge is 2.14. The molecule has 0 aliphatic rings. The van der Waals surface area contributed by atoms with Crippen LogP contribution in [0.5, 0.6) is 5.75 Å². The molecule has 0 atom stereocenters. The molecule has 0 spiro atoms. The molecule has 2 N–H and O–H groups in total. The van der Waals surface area contributed by atoms with Gasteiger partial charge in [-0.05, 0) is 54.7 Å². The van der Waals surface area contributed by atoms with Gasteiger partial charge in [-0.25, -0.2) is 4.39 Å². The van der Waals surface area contributed by atoms with Crippen LogP contribution in [0.2, 0.25) is 10.0 Å². The first-order valence-electron chi connectivity index (χ1n) is 8.46. The number of hydrogen-bond acceptors (Lipinski definition) is 3. The first-order valence-corrected chi connectivity index (χ1v) is 9.63. The second-order valence-corrected chi connectivity index (χ2v) is 7.13. The number of ether oxygens (including phenoxy) is 1. The summed E-state index contributed by atoms with van der Waals surface area (Å²) >= 11 is 17.4. The minimum absolute atomic E-state index is 0.0549. The van der Waals surface area contributed by atoms with Crippen molar-refractivity contribution >= 4 is 52.1 Å². The van der Waals surface area contributed by atoms with Crippen LogP contribution in [0.15, 0.2) is 66.7 Å². The fourth-order valence-corrected chi connectivity index (χ4v) is 3.18. The quantitative estimate of drug-likeness (QED) is 0.481. The average molecular weight is 449 g/mol. The van der Waals surface area contributed by atoms with Crippen LogP contribution < -0.4 is 15.4 Å². The van der Waals surface area contributed by atoms with E-state index in [1.807, 2.05) is 0 Å². The van der Waals surface area contributed by atoms with E-state index >= 15 is 0 Å². The van der Waals surface area contributed by atoms with E-state index < -0.39 is 5.91 Å². The van der Waals surface area contributed by atoms with Gasteiger partial charge >= 0.3 is 0 Å². The summed E-state index contributed by atoms with van der Waals surface area (Å²) in [6.45, 7) is 0.131. The van der Waals surface area contributed by atoms with E-state index in [1.165, 1.54) is 24.3 Å². The number of para-hydroxylation sites is 1. The third kappa shape index (κ3) is 5.67. The van der Waals surface area contributed by atoms with Crippen molar-refractivity contribution in [1.29, 1.82) is 0 Å². The third-order valence-electron chi connectivity index (χ3n) is 3.90. The molecule has 3 aromatic carbocycles. The Morgan fingerprint density at radius 3 is 2.31 bits per heavy atom. The number of hydrogen-bond donors (Lipinski definition) is 2. The number of nitrogens with one attached hydrogen (secondary N) is 2. The van der Waals surface area contributed by atoms with Crippen LogP contribution in [-0.4, -0.2) is 11.0 Å². The van der Waals surface area contributed by atoms with E-state index in [0.717, 1.165) is 0 Å². The molecule has 3 rings (SSSR count). The zero-order chi connectivity index (χ0) is 20.8. The van der Waals surface area contributed by atoms with Gasteiger partial charge in [0.1, 0.15) is 18.2 Å². The van der Waals surface area contributed by atoms with Gasteiger partial charge in [-0.1, -0.05) is 47.5 Å². The van der Waals surface area contributed by atoms with Gasteiger partial charge in [-0.3, -0.25) is 10.1 Å². The van der Waals surface area contributed by atoms with Gasteiger partial charge in [-0.15, -0.1) is 0 Å². The number of anilines is 1. The van der Waals surface area contributed by atoms with Crippen LogP contribution in [0.1, 0.15) is 15.9 Å². The maximum Gasteiger partial charge on any atom is 0.257 e. The minimum atomic E-state index is -0.413. The smallest absolute Gasteiger partial charge is 0.257 e. The van der Waals surface area contributed by atoms with Crippen LogP contribution in [0.25, 0.3) is 0 Å². The Morgan fingerprint density at radius 1 is 0.966 bits per heavy atom. The molecule has 0 aliphatic heterocycles. The first-order chi connectivity index (χ1) is 13.9. The summed E-state index contributed by atoms with van der Waals surface area (Å²) in [6, 6.07) is 17.6. The predicted octanol–water partition coefficient (Wildman–Crippen LogP) is 5.84. The maximum atomic E-state index is 13.0. The lowest BCUT2D eigenvalue weighted by atomic mass is 10.1. The van der Waals surface area contributed by atoms with E-state index in [9.17, 15) is 9.18 Å². The fourth-order valence-electron chi connectivity index (χ4n) is 2.49. The van der Waals surface area contributed by atoms with Gasteiger partial charge in [-0.2, -0.15) is 0 Å². The lowest BCUT2D eigenvalue weighted by molar-refractivity contribution is 0.0975. The van der Waals surface area contributed by atoms with E-state index in [0.29, 0.717) is 32.6 Å². The molecule has 0 radical (unpaired) electrons. The molecule has 29 heavy (non-hydrogen) atoms. The van der Waals surface area contributed by atoms with Crippen LogP contribution in [-0.2, 0) is 6.61 Å². The minimum Gasteiger partial charge on any atom is -0.489 e. The summed E-state index contributed by atoms with van der Waals surface area (Å²) in [5, 5.41) is 6.24. The van der Waals surface area contributed by atoms with Crippen LogP contribution in [0.4, 0.5) is 10.1 Å². The molecule has 3 aromatic rings. The molecule has 8 heteroatoms. The van der Waals surface area contributed by atoms with Gasteiger partial charge in [0, 0.05) is 11.1 Å². The Hall–Kier alpha value is -2.67. The lowest BCUT2D eigenvalue weighted by Gasteiger charge is -2.14. The number of carbonyl (C=O) groups excluding carboxylic acids is 1. The Labute approximate surface area is 182 Å². The van der Waals surface area contributed by atoms with Crippen molar-refractivity contribution in [2.75, 3.05) is 5.32 Å². The van der Waals surface area contributed by atoms with E-state index in [4.69, 9.17) is 40.2 Å². The van der Waals surface area contributed by atoms with Gasteiger partial charge in [0.25, 0.3) is 5.91 Å². The normalized spacial score (nSPS) is 10.3. The van der Waals surface area contributed by atoms with Gasteiger partial charge in [0.2, 0.25) is 0 Å². The van der Waals surface area contributed by atoms with Crippen LogP contribution >= 0.6 is 35.4 Å². The number of carbonyl (C=O) groups is 1. The zero-order valence-electron chi connectivity index (χ0n) is 14.9. The molecule has 0 fully saturated rings. The average Bonchev–Trinajstić information content (AvgIpc) is 2.70. The summed E-state index contributed by atoms with van der Waals surface area (Å²) in [4.78, 5) is 12.7. The molecule has 0 heterocycles. The predicted molar refractivity (Wildman–Crippen MR) is 117 cm³/mol. The number of benzene rings is 3. The second kappa shape index (κ2) is 9.69. The molecule has 0 aliphatic carbocycles. The summed E-state index contributed by atoms with van der Waals surface area (Å²) in [6.07, 6.45) is 0. The Kier molecular flexibility index (Phi) is 7.04. The highest BCUT2D eigenvalue weighted by atomic mass is 35.5. The molecule has 0 saturated carbocycles. The molecule has 0 unspecified atom stereocenters. The molecule has 0 bridgehead atoms. The van der Waals surface area contributed by atoms with Crippen LogP contribution in [0.3, 0.4) is 0 Å². The zero-order valence-corrected chi connectivity index (χ0v) is 17.2. The molecule has 0 saturated heterocycles. The second-order valence-electron chi connectivity index (χ2n) is 5.90. The Bertz CT molecular complexity index is 1020. The van der Waals surface area contributed by atoms with Crippen LogP contribution in [0, 0.1) is 5.82 Å². The van der Waals surface area contributed by atoms with Crippen molar-refractivity contribution in [2.45, 2.75) is 6.61 Å². The topological polar surface area (TPSA) is 50.4 Å². The van der Waals surface area contributed by atoms with Gasteiger partial charge < -0.3 is 10.1 Å². The third-order valence-corrected chi connectivity index (χ3v) is 4.73. The van der Waals surface area contributed by atoms with E-state index in [2.05, 4.69) is 10.6 Å². The standard InChI is InChI=1S/C21H15Cl2FN2O2S/c22-17-6-3-7-18(23)19(17)25-21(29)26-20(27)16-5-2-1-4-13(16)12-28-15-10-8-14(24)9-11-15/h1-11H,12H2,(H2,25,26,27,29). The Morgan fingerprint density at radius 2 is 1.62 bits per heavy atom. The van der Waals surface area contributed by atoms with Crippen molar-refractivity contribution in [3.63, 3.8) is 0 Å². The molecular weight excluding hydrogens is 434 g/mol. The molecule has 4 nitrogen and oxygen atoms in total. The van der Waals surface area contributed by atoms with E-state index in [1.54, 1.807) is 42.5 Å². The lowest BCUT2D eigenvalue weighted by Crippen LogP contribution is -2.34. The first kappa shape index (κ1) is 21.0. The molecule has 1 amide bonds. The van der Waals surface area contributed by atoms with Crippen molar-refractivity contribution in [3.8, 4) is 5.75 Å². The number of rotatable bonds is 5. The summed E-state index contributed by atoms with van der Waals surface area (Å²) in [7, 11) is 0. The van der Waals surface area contributed by atoms with Gasteiger partial charge in [0.15, 0.2) is 5.11 Å². The summed E-state index contributed by atoms with van der Waals surface area (Å²) < 4.78 is 18.6. The molecule has 0 aromatic heterocycles. The van der Waals surface area contributed by atoms with Crippen molar-refractivity contribution in [1.82, 2.24) is 5.32 Å².